The Morgan fingerprint density at radius 1 is 1.07 bits per heavy atom. The van der Waals surface area contributed by atoms with E-state index in [0.29, 0.717) is 11.0 Å². The average Bonchev–Trinajstić information content (AvgIpc) is 3.10. The van der Waals surface area contributed by atoms with Crippen LogP contribution in [-0.4, -0.2) is 25.3 Å². The Hall–Kier alpha value is -3.48. The summed E-state index contributed by atoms with van der Waals surface area (Å²) in [6, 6.07) is 13.7. The zero-order chi connectivity index (χ0) is 19.9. The highest BCUT2D eigenvalue weighted by atomic mass is 16.2. The Labute approximate surface area is 161 Å². The largest absolute Gasteiger partial charge is 0.283 e. The molecule has 4 aromatic rings. The number of carbonyl (C=O) groups is 1. The summed E-state index contributed by atoms with van der Waals surface area (Å²) in [4.78, 5) is 29.6. The maximum Gasteiger partial charge on any atom is 0.283 e. The molecule has 0 unspecified atom stereocenters. The fraction of sp³-hybridized carbons (Fsp3) is 0.238. The van der Waals surface area contributed by atoms with E-state index in [-0.39, 0.29) is 23.4 Å². The molecule has 0 atom stereocenters. The van der Waals surface area contributed by atoms with Crippen LogP contribution in [0.3, 0.4) is 0 Å². The molecule has 0 aliphatic rings. The van der Waals surface area contributed by atoms with Crippen molar-refractivity contribution in [3.63, 3.8) is 0 Å². The highest BCUT2D eigenvalue weighted by Gasteiger charge is 2.20. The Morgan fingerprint density at radius 2 is 1.82 bits per heavy atom. The molecule has 0 saturated heterocycles. The number of fused-ring (bicyclic) bond motifs is 2. The second-order valence-corrected chi connectivity index (χ2v) is 7.73. The Kier molecular flexibility index (Phi) is 4.22. The summed E-state index contributed by atoms with van der Waals surface area (Å²) >= 11 is 0. The zero-order valence-electron chi connectivity index (χ0n) is 16.0. The quantitative estimate of drug-likeness (QED) is 0.597. The molecule has 0 saturated carbocycles. The summed E-state index contributed by atoms with van der Waals surface area (Å²) in [6.07, 6.45) is 2.98. The van der Waals surface area contributed by atoms with E-state index in [1.807, 2.05) is 63.2 Å². The van der Waals surface area contributed by atoms with Gasteiger partial charge in [-0.3, -0.25) is 15.0 Å². The number of amides is 1. The third kappa shape index (κ3) is 3.15. The highest BCUT2D eigenvalue weighted by molar-refractivity contribution is 5.92. The first-order chi connectivity index (χ1) is 13.3. The Morgan fingerprint density at radius 3 is 2.61 bits per heavy atom. The van der Waals surface area contributed by atoms with E-state index in [4.69, 9.17) is 0 Å². The van der Waals surface area contributed by atoms with Crippen molar-refractivity contribution >= 4 is 27.7 Å². The third-order valence-electron chi connectivity index (χ3n) is 4.60. The number of hydrogen-bond acceptors (Lipinski definition) is 4. The van der Waals surface area contributed by atoms with Gasteiger partial charge < -0.3 is 0 Å². The van der Waals surface area contributed by atoms with Crippen molar-refractivity contribution in [2.75, 3.05) is 5.43 Å². The van der Waals surface area contributed by atoms with Crippen molar-refractivity contribution in [2.45, 2.75) is 32.7 Å². The summed E-state index contributed by atoms with van der Waals surface area (Å²) in [5.41, 5.74) is 3.37. The van der Waals surface area contributed by atoms with Gasteiger partial charge in [0.2, 0.25) is 5.91 Å². The smallest absolute Gasteiger partial charge is 0.273 e. The van der Waals surface area contributed by atoms with Crippen LogP contribution in [0.4, 0.5) is 0 Å². The second-order valence-electron chi connectivity index (χ2n) is 7.73. The van der Waals surface area contributed by atoms with E-state index < -0.39 is 0 Å². The standard InChI is InChI=1S/C21H21N5O2/c1-21(2,3)26-19-17(12-23-26)20(28)25(13-22-19)24-18(27)11-15-9-6-8-14-7-4-5-10-16(14)15/h4-10,12-13H,11H2,1-3H3,(H,24,27). The predicted molar refractivity (Wildman–Crippen MR) is 109 cm³/mol. The van der Waals surface area contributed by atoms with Gasteiger partial charge in [-0.1, -0.05) is 42.5 Å². The molecule has 0 bridgehead atoms. The summed E-state index contributed by atoms with van der Waals surface area (Å²) in [7, 11) is 0. The lowest BCUT2D eigenvalue weighted by Crippen LogP contribution is -2.34. The van der Waals surface area contributed by atoms with Gasteiger partial charge in [-0.2, -0.15) is 5.10 Å². The zero-order valence-corrected chi connectivity index (χ0v) is 16.0. The van der Waals surface area contributed by atoms with Gasteiger partial charge in [-0.05, 0) is 37.1 Å². The number of hydrogen-bond donors (Lipinski definition) is 1. The van der Waals surface area contributed by atoms with Crippen molar-refractivity contribution in [2.24, 2.45) is 0 Å². The lowest BCUT2D eigenvalue weighted by Gasteiger charge is -2.19. The van der Waals surface area contributed by atoms with Crippen LogP contribution in [0.25, 0.3) is 21.8 Å². The molecular weight excluding hydrogens is 354 g/mol. The van der Waals surface area contributed by atoms with Crippen LogP contribution in [-0.2, 0) is 16.8 Å². The normalized spacial score (nSPS) is 11.8. The number of nitrogens with one attached hydrogen (secondary N) is 1. The molecule has 0 radical (unpaired) electrons. The summed E-state index contributed by atoms with van der Waals surface area (Å²) in [5.74, 6) is -0.289. The first kappa shape index (κ1) is 17.9. The third-order valence-corrected chi connectivity index (χ3v) is 4.60. The monoisotopic (exact) mass is 375 g/mol. The molecular formula is C21H21N5O2. The maximum absolute atomic E-state index is 12.7. The van der Waals surface area contributed by atoms with Crippen molar-refractivity contribution in [3.05, 3.63) is 70.9 Å². The molecule has 7 nitrogen and oxygen atoms in total. The molecule has 2 aromatic heterocycles. The summed E-state index contributed by atoms with van der Waals surface area (Å²) in [5, 5.41) is 6.73. The minimum Gasteiger partial charge on any atom is -0.273 e. The van der Waals surface area contributed by atoms with E-state index in [1.165, 1.54) is 12.5 Å². The van der Waals surface area contributed by atoms with E-state index in [2.05, 4.69) is 15.5 Å². The fourth-order valence-electron chi connectivity index (χ4n) is 3.28. The molecule has 142 valence electrons. The van der Waals surface area contributed by atoms with Crippen molar-refractivity contribution in [1.82, 2.24) is 19.4 Å². The minimum absolute atomic E-state index is 0.160. The molecule has 1 N–H and O–H groups in total. The first-order valence-electron chi connectivity index (χ1n) is 9.07. The SMILES string of the molecule is CC(C)(C)n1ncc2c(=O)n(NC(=O)Cc3cccc4ccccc34)cnc21. The number of aromatic nitrogens is 4. The number of benzene rings is 2. The summed E-state index contributed by atoms with van der Waals surface area (Å²) in [6.45, 7) is 5.95. The molecule has 0 fully saturated rings. The molecule has 28 heavy (non-hydrogen) atoms. The van der Waals surface area contributed by atoms with Crippen molar-refractivity contribution in [1.29, 1.82) is 0 Å². The minimum atomic E-state index is -0.355. The number of rotatable bonds is 3. The van der Waals surface area contributed by atoms with E-state index >= 15 is 0 Å². The molecule has 0 aliphatic heterocycles. The molecule has 2 aromatic carbocycles. The Bertz CT molecular complexity index is 1240. The fourth-order valence-corrected chi connectivity index (χ4v) is 3.28. The molecule has 1 amide bonds. The van der Waals surface area contributed by atoms with Gasteiger partial charge in [-0.15, -0.1) is 0 Å². The van der Waals surface area contributed by atoms with Gasteiger partial charge in [0, 0.05) is 0 Å². The van der Waals surface area contributed by atoms with Gasteiger partial charge >= 0.3 is 0 Å². The van der Waals surface area contributed by atoms with Crippen LogP contribution < -0.4 is 11.0 Å². The van der Waals surface area contributed by atoms with Crippen LogP contribution >= 0.6 is 0 Å². The first-order valence-corrected chi connectivity index (χ1v) is 9.07. The van der Waals surface area contributed by atoms with E-state index in [1.54, 1.807) is 4.68 Å². The van der Waals surface area contributed by atoms with E-state index in [0.717, 1.165) is 21.0 Å². The van der Waals surface area contributed by atoms with Gasteiger partial charge in [0.1, 0.15) is 11.7 Å². The topological polar surface area (TPSA) is 81.8 Å². The molecule has 7 heteroatoms. The van der Waals surface area contributed by atoms with Crippen molar-refractivity contribution < 1.29 is 4.79 Å². The van der Waals surface area contributed by atoms with Crippen LogP contribution in [0, 0.1) is 0 Å². The van der Waals surface area contributed by atoms with Crippen LogP contribution in [0.2, 0.25) is 0 Å². The average molecular weight is 375 g/mol. The number of nitrogens with zero attached hydrogens (tertiary/aromatic N) is 4. The summed E-state index contributed by atoms with van der Waals surface area (Å²) < 4.78 is 2.82. The molecule has 0 spiro atoms. The Balaban J connectivity index is 1.62. The van der Waals surface area contributed by atoms with Gasteiger partial charge in [0.15, 0.2) is 5.65 Å². The second kappa shape index (κ2) is 6.60. The van der Waals surface area contributed by atoms with Crippen LogP contribution in [0.15, 0.2) is 59.8 Å². The van der Waals surface area contributed by atoms with Gasteiger partial charge in [-0.25, -0.2) is 14.3 Å². The van der Waals surface area contributed by atoms with Crippen molar-refractivity contribution in [3.8, 4) is 0 Å². The lowest BCUT2D eigenvalue weighted by atomic mass is 10.0. The molecule has 2 heterocycles. The molecule has 0 aliphatic carbocycles. The van der Waals surface area contributed by atoms with Crippen LogP contribution in [0.1, 0.15) is 26.3 Å². The van der Waals surface area contributed by atoms with Gasteiger partial charge in [0.25, 0.3) is 5.56 Å². The lowest BCUT2D eigenvalue weighted by molar-refractivity contribution is -0.116. The number of carbonyl (C=O) groups excluding carboxylic acids is 1. The van der Waals surface area contributed by atoms with E-state index in [9.17, 15) is 9.59 Å². The van der Waals surface area contributed by atoms with Gasteiger partial charge in [0.05, 0.1) is 18.2 Å². The van der Waals surface area contributed by atoms with Crippen LogP contribution in [0.5, 0.6) is 0 Å². The predicted octanol–water partition coefficient (Wildman–Crippen LogP) is 2.81. The molecule has 4 rings (SSSR count). The maximum atomic E-state index is 12.7. The highest BCUT2D eigenvalue weighted by Crippen LogP contribution is 2.19.